The zero-order chi connectivity index (χ0) is 15.5. The van der Waals surface area contributed by atoms with E-state index < -0.39 is 0 Å². The van der Waals surface area contributed by atoms with Gasteiger partial charge in [-0.25, -0.2) is 0 Å². The molecule has 0 unspecified atom stereocenters. The second-order valence-electron chi connectivity index (χ2n) is 5.70. The number of cyclic esters (lactones) is 1. The van der Waals surface area contributed by atoms with Crippen LogP contribution in [-0.4, -0.2) is 22.8 Å². The van der Waals surface area contributed by atoms with Gasteiger partial charge >= 0.3 is 5.97 Å². The highest BCUT2D eigenvalue weighted by Crippen LogP contribution is 2.32. The Balaban J connectivity index is 1.78. The van der Waals surface area contributed by atoms with E-state index in [1.54, 1.807) is 0 Å². The van der Waals surface area contributed by atoms with Gasteiger partial charge in [-0.3, -0.25) is 4.79 Å². The molecular formula is C18H18O4. The Morgan fingerprint density at radius 3 is 2.59 bits per heavy atom. The van der Waals surface area contributed by atoms with Gasteiger partial charge in [-0.1, -0.05) is 30.3 Å². The van der Waals surface area contributed by atoms with Crippen LogP contribution in [0.1, 0.15) is 11.1 Å². The second kappa shape index (κ2) is 6.10. The van der Waals surface area contributed by atoms with Crippen LogP contribution in [0.3, 0.4) is 0 Å². The molecule has 0 aliphatic carbocycles. The lowest BCUT2D eigenvalue weighted by atomic mass is 9.85. The monoisotopic (exact) mass is 298 g/mol. The minimum absolute atomic E-state index is 0.0802. The van der Waals surface area contributed by atoms with Crippen LogP contribution < -0.4 is 0 Å². The third-order valence-electron chi connectivity index (χ3n) is 4.16. The molecule has 0 bridgehead atoms. The van der Waals surface area contributed by atoms with Gasteiger partial charge in [-0.05, 0) is 42.2 Å². The molecule has 0 spiro atoms. The summed E-state index contributed by atoms with van der Waals surface area (Å²) in [5.74, 6) is -0.275. The summed E-state index contributed by atoms with van der Waals surface area (Å²) in [6, 6.07) is 14.3. The second-order valence-corrected chi connectivity index (χ2v) is 5.70. The fourth-order valence-corrected chi connectivity index (χ4v) is 2.95. The van der Waals surface area contributed by atoms with Gasteiger partial charge in [0.15, 0.2) is 0 Å². The maximum absolute atomic E-state index is 12.0. The normalized spacial score (nSPS) is 20.8. The van der Waals surface area contributed by atoms with Crippen LogP contribution in [0.25, 0.3) is 0 Å². The van der Waals surface area contributed by atoms with Crippen molar-refractivity contribution in [1.29, 1.82) is 0 Å². The summed E-state index contributed by atoms with van der Waals surface area (Å²) in [4.78, 5) is 12.0. The van der Waals surface area contributed by atoms with Gasteiger partial charge in [0.2, 0.25) is 0 Å². The zero-order valence-corrected chi connectivity index (χ0v) is 12.1. The van der Waals surface area contributed by atoms with Crippen LogP contribution in [0.5, 0.6) is 11.5 Å². The van der Waals surface area contributed by atoms with Crippen LogP contribution in [0, 0.1) is 11.8 Å². The average Bonchev–Trinajstić information content (AvgIpc) is 2.85. The molecule has 2 aromatic carbocycles. The summed E-state index contributed by atoms with van der Waals surface area (Å²) in [6.07, 6.45) is 1.13. The van der Waals surface area contributed by atoms with Crippen molar-refractivity contribution in [1.82, 2.24) is 0 Å². The minimum atomic E-state index is -0.298. The topological polar surface area (TPSA) is 66.8 Å². The molecule has 0 radical (unpaired) electrons. The molecule has 1 aliphatic heterocycles. The van der Waals surface area contributed by atoms with E-state index in [0.29, 0.717) is 18.6 Å². The van der Waals surface area contributed by atoms with Crippen molar-refractivity contribution in [2.24, 2.45) is 11.8 Å². The van der Waals surface area contributed by atoms with Crippen molar-refractivity contribution in [2.45, 2.75) is 12.8 Å². The van der Waals surface area contributed by atoms with E-state index in [1.807, 2.05) is 30.3 Å². The first-order valence-electron chi connectivity index (χ1n) is 7.35. The Labute approximate surface area is 129 Å². The predicted octanol–water partition coefficient (Wildman–Crippen LogP) is 2.67. The molecule has 1 heterocycles. The minimum Gasteiger partial charge on any atom is -0.508 e. The summed E-state index contributed by atoms with van der Waals surface area (Å²) >= 11 is 0. The van der Waals surface area contributed by atoms with Crippen LogP contribution in [0.4, 0.5) is 0 Å². The number of carbonyl (C=O) groups is 1. The third kappa shape index (κ3) is 3.06. The molecule has 4 heteroatoms. The van der Waals surface area contributed by atoms with Gasteiger partial charge in [0.25, 0.3) is 0 Å². The lowest BCUT2D eigenvalue weighted by Crippen LogP contribution is -2.20. The highest BCUT2D eigenvalue weighted by Gasteiger charge is 2.37. The number of ether oxygens (including phenoxy) is 1. The molecule has 0 aromatic heterocycles. The number of phenols is 2. The standard InChI is InChI=1S/C18H18O4/c19-15-6-7-17(20)13(9-15)10-16-14(11-22-18(16)21)8-12-4-2-1-3-5-12/h1-7,9,14,16,19-20H,8,10-11H2/t14-,16+/m0/s1. The van der Waals surface area contributed by atoms with E-state index in [2.05, 4.69) is 0 Å². The van der Waals surface area contributed by atoms with Gasteiger partial charge in [-0.2, -0.15) is 0 Å². The molecule has 1 aliphatic rings. The summed E-state index contributed by atoms with van der Waals surface area (Å²) < 4.78 is 5.21. The predicted molar refractivity (Wildman–Crippen MR) is 81.6 cm³/mol. The van der Waals surface area contributed by atoms with E-state index in [-0.39, 0.29) is 29.3 Å². The molecule has 0 amide bonds. The number of phenolic OH excluding ortho intramolecular Hbond substituents is 2. The van der Waals surface area contributed by atoms with Gasteiger partial charge in [-0.15, -0.1) is 0 Å². The molecule has 1 fully saturated rings. The number of hydrogen-bond donors (Lipinski definition) is 2. The van der Waals surface area contributed by atoms with E-state index in [1.165, 1.54) is 18.2 Å². The lowest BCUT2D eigenvalue weighted by molar-refractivity contribution is -0.141. The van der Waals surface area contributed by atoms with Crippen molar-refractivity contribution in [3.8, 4) is 11.5 Å². The number of aromatic hydroxyl groups is 2. The van der Waals surface area contributed by atoms with Gasteiger partial charge < -0.3 is 14.9 Å². The Hall–Kier alpha value is -2.49. The van der Waals surface area contributed by atoms with Crippen molar-refractivity contribution in [2.75, 3.05) is 6.61 Å². The first-order valence-corrected chi connectivity index (χ1v) is 7.35. The smallest absolute Gasteiger partial charge is 0.309 e. The largest absolute Gasteiger partial charge is 0.508 e. The van der Waals surface area contributed by atoms with E-state index in [0.717, 1.165) is 12.0 Å². The van der Waals surface area contributed by atoms with E-state index in [4.69, 9.17) is 4.74 Å². The van der Waals surface area contributed by atoms with Crippen LogP contribution in [-0.2, 0) is 22.4 Å². The lowest BCUT2D eigenvalue weighted by Gasteiger charge is -2.16. The maximum Gasteiger partial charge on any atom is 0.309 e. The van der Waals surface area contributed by atoms with Gasteiger partial charge in [0.05, 0.1) is 12.5 Å². The highest BCUT2D eigenvalue weighted by molar-refractivity contribution is 5.75. The van der Waals surface area contributed by atoms with Crippen LogP contribution >= 0.6 is 0 Å². The first-order chi connectivity index (χ1) is 10.6. The van der Waals surface area contributed by atoms with Crippen molar-refractivity contribution in [3.05, 3.63) is 59.7 Å². The number of rotatable bonds is 4. The van der Waals surface area contributed by atoms with E-state index >= 15 is 0 Å². The Kier molecular flexibility index (Phi) is 4.00. The van der Waals surface area contributed by atoms with Crippen molar-refractivity contribution >= 4 is 5.97 Å². The number of benzene rings is 2. The Morgan fingerprint density at radius 1 is 1.05 bits per heavy atom. The summed E-state index contributed by atoms with van der Waals surface area (Å²) in [7, 11) is 0. The molecule has 2 aromatic rings. The Bertz CT molecular complexity index is 666. The number of hydrogen-bond acceptors (Lipinski definition) is 4. The molecule has 114 valence electrons. The molecule has 2 atom stereocenters. The highest BCUT2D eigenvalue weighted by atomic mass is 16.5. The summed E-state index contributed by atoms with van der Waals surface area (Å²) in [5, 5.41) is 19.4. The van der Waals surface area contributed by atoms with Crippen LogP contribution in [0.15, 0.2) is 48.5 Å². The fraction of sp³-hybridized carbons (Fsp3) is 0.278. The zero-order valence-electron chi connectivity index (χ0n) is 12.1. The average molecular weight is 298 g/mol. The van der Waals surface area contributed by atoms with Crippen molar-refractivity contribution < 1.29 is 19.7 Å². The van der Waals surface area contributed by atoms with E-state index in [9.17, 15) is 15.0 Å². The number of carbonyl (C=O) groups excluding carboxylic acids is 1. The van der Waals surface area contributed by atoms with Gasteiger partial charge in [0, 0.05) is 5.92 Å². The summed E-state index contributed by atoms with van der Waals surface area (Å²) in [6.45, 7) is 0.401. The Morgan fingerprint density at radius 2 is 1.82 bits per heavy atom. The van der Waals surface area contributed by atoms with Crippen molar-refractivity contribution in [3.63, 3.8) is 0 Å². The third-order valence-corrected chi connectivity index (χ3v) is 4.16. The molecule has 3 rings (SSSR count). The molecule has 0 saturated carbocycles. The molecule has 1 saturated heterocycles. The number of esters is 1. The first kappa shape index (κ1) is 14.4. The quantitative estimate of drug-likeness (QED) is 0.673. The molecule has 22 heavy (non-hydrogen) atoms. The molecular weight excluding hydrogens is 280 g/mol. The molecule has 4 nitrogen and oxygen atoms in total. The summed E-state index contributed by atoms with van der Waals surface area (Å²) in [5.41, 5.74) is 1.73. The molecule has 2 N–H and O–H groups in total. The fourth-order valence-electron chi connectivity index (χ4n) is 2.95. The SMILES string of the molecule is O=C1OC[C@H](Cc2ccccc2)[C@H]1Cc1cc(O)ccc1O. The maximum atomic E-state index is 12.0. The van der Waals surface area contributed by atoms with Crippen LogP contribution in [0.2, 0.25) is 0 Å². The van der Waals surface area contributed by atoms with Gasteiger partial charge in [0.1, 0.15) is 11.5 Å².